The zero-order valence-electron chi connectivity index (χ0n) is 14.9. The summed E-state index contributed by atoms with van der Waals surface area (Å²) in [6.45, 7) is 11.9. The first kappa shape index (κ1) is 16.8. The molecule has 1 atom stereocenters. The maximum absolute atomic E-state index is 4.70. The molecule has 0 saturated carbocycles. The lowest BCUT2D eigenvalue weighted by atomic mass is 9.99. The van der Waals surface area contributed by atoms with Crippen LogP contribution in [-0.4, -0.2) is 19.6 Å². The fourth-order valence-electron chi connectivity index (χ4n) is 2.88. The Morgan fingerprint density at radius 1 is 1.09 bits per heavy atom. The van der Waals surface area contributed by atoms with Crippen LogP contribution >= 0.6 is 0 Å². The van der Waals surface area contributed by atoms with Gasteiger partial charge in [0.25, 0.3) is 0 Å². The van der Waals surface area contributed by atoms with Crippen molar-refractivity contribution in [1.29, 1.82) is 0 Å². The monoisotopic (exact) mass is 302 g/mol. The van der Waals surface area contributed by atoms with Gasteiger partial charge < -0.3 is 0 Å². The molecule has 0 aliphatic rings. The van der Waals surface area contributed by atoms with Crippen LogP contribution in [0.3, 0.4) is 0 Å². The van der Waals surface area contributed by atoms with E-state index >= 15 is 0 Å². The van der Waals surface area contributed by atoms with Crippen LogP contribution in [0.5, 0.6) is 0 Å². The number of hydrogen-bond donors (Lipinski definition) is 0. The Balaban J connectivity index is 1.90. The second kappa shape index (κ2) is 7.12. The number of rotatable bonds is 7. The Kier molecular flexibility index (Phi) is 5.43. The first-order chi connectivity index (χ1) is 10.4. The summed E-state index contributed by atoms with van der Waals surface area (Å²) < 4.78 is 4.12. The predicted molar refractivity (Wildman–Crippen MR) is 91.3 cm³/mol. The van der Waals surface area contributed by atoms with Gasteiger partial charge in [-0.05, 0) is 51.2 Å². The quantitative estimate of drug-likeness (QED) is 0.768. The number of nitrogens with zero attached hydrogens (tertiary/aromatic N) is 4. The van der Waals surface area contributed by atoms with E-state index in [-0.39, 0.29) is 0 Å². The number of aryl methyl sites for hydroxylation is 4. The van der Waals surface area contributed by atoms with Gasteiger partial charge in [-0.3, -0.25) is 9.36 Å². The summed E-state index contributed by atoms with van der Waals surface area (Å²) in [6.07, 6.45) is 3.44. The van der Waals surface area contributed by atoms with Crippen molar-refractivity contribution in [3.63, 3.8) is 0 Å². The minimum atomic E-state index is 0.500. The van der Waals surface area contributed by atoms with Crippen LogP contribution in [0.2, 0.25) is 0 Å². The molecule has 0 spiro atoms. The van der Waals surface area contributed by atoms with E-state index in [1.165, 1.54) is 35.6 Å². The summed E-state index contributed by atoms with van der Waals surface area (Å²) in [6, 6.07) is 4.49. The van der Waals surface area contributed by atoms with Gasteiger partial charge in [-0.25, -0.2) is 0 Å². The van der Waals surface area contributed by atoms with Crippen LogP contribution < -0.4 is 0 Å². The van der Waals surface area contributed by atoms with E-state index in [9.17, 15) is 0 Å². The van der Waals surface area contributed by atoms with Gasteiger partial charge in [0.2, 0.25) is 0 Å². The fourth-order valence-corrected chi connectivity index (χ4v) is 2.88. The van der Waals surface area contributed by atoms with Crippen molar-refractivity contribution >= 4 is 0 Å². The zero-order valence-corrected chi connectivity index (χ0v) is 14.9. The normalized spacial score (nSPS) is 13.0. The lowest BCUT2D eigenvalue weighted by Crippen LogP contribution is -2.02. The molecule has 1 unspecified atom stereocenters. The third kappa shape index (κ3) is 3.79. The van der Waals surface area contributed by atoms with E-state index in [0.29, 0.717) is 11.8 Å². The molecule has 0 aliphatic carbocycles. The van der Waals surface area contributed by atoms with Crippen molar-refractivity contribution in [3.05, 3.63) is 34.9 Å². The Morgan fingerprint density at radius 2 is 1.82 bits per heavy atom. The van der Waals surface area contributed by atoms with Crippen LogP contribution in [0.1, 0.15) is 75.1 Å². The summed E-state index contributed by atoms with van der Waals surface area (Å²) in [5, 5.41) is 9.29. The summed E-state index contributed by atoms with van der Waals surface area (Å²) in [5.74, 6) is 1.02. The topological polar surface area (TPSA) is 35.6 Å². The second-order valence-corrected chi connectivity index (χ2v) is 6.66. The Morgan fingerprint density at radius 3 is 2.36 bits per heavy atom. The fraction of sp³-hybridized carbons (Fsp3) is 0.667. The molecular weight excluding hydrogens is 272 g/mol. The maximum Gasteiger partial charge on any atom is 0.0655 e. The molecule has 4 heteroatoms. The van der Waals surface area contributed by atoms with E-state index in [4.69, 9.17) is 5.10 Å². The molecular formula is C18H30N4. The third-order valence-corrected chi connectivity index (χ3v) is 4.46. The molecule has 0 fully saturated rings. The maximum atomic E-state index is 4.70. The molecule has 0 amide bonds. The second-order valence-electron chi connectivity index (χ2n) is 6.66. The molecule has 2 heterocycles. The van der Waals surface area contributed by atoms with Gasteiger partial charge in [-0.1, -0.05) is 20.8 Å². The third-order valence-electron chi connectivity index (χ3n) is 4.46. The summed E-state index contributed by atoms with van der Waals surface area (Å²) in [5.41, 5.74) is 5.03. The smallest absolute Gasteiger partial charge is 0.0655 e. The van der Waals surface area contributed by atoms with E-state index in [0.717, 1.165) is 13.0 Å². The summed E-state index contributed by atoms with van der Waals surface area (Å²) in [7, 11) is 2.05. The van der Waals surface area contributed by atoms with E-state index in [2.05, 4.69) is 63.6 Å². The Hall–Kier alpha value is -1.58. The van der Waals surface area contributed by atoms with Gasteiger partial charge in [-0.15, -0.1) is 0 Å². The zero-order chi connectivity index (χ0) is 16.3. The average molecular weight is 302 g/mol. The van der Waals surface area contributed by atoms with Crippen molar-refractivity contribution in [1.82, 2.24) is 19.6 Å². The van der Waals surface area contributed by atoms with Crippen molar-refractivity contribution in [2.24, 2.45) is 7.05 Å². The van der Waals surface area contributed by atoms with Crippen LogP contribution in [0.15, 0.2) is 12.1 Å². The highest BCUT2D eigenvalue weighted by Crippen LogP contribution is 2.22. The van der Waals surface area contributed by atoms with E-state index in [1.807, 2.05) is 4.68 Å². The van der Waals surface area contributed by atoms with Crippen molar-refractivity contribution in [3.8, 4) is 0 Å². The summed E-state index contributed by atoms with van der Waals surface area (Å²) >= 11 is 0. The first-order valence-corrected chi connectivity index (χ1v) is 8.49. The molecule has 0 radical (unpaired) electrons. The minimum absolute atomic E-state index is 0.500. The minimum Gasteiger partial charge on any atom is -0.272 e. The molecule has 2 aromatic rings. The molecule has 0 bridgehead atoms. The van der Waals surface area contributed by atoms with E-state index < -0.39 is 0 Å². The molecule has 0 aromatic carbocycles. The number of hydrogen-bond acceptors (Lipinski definition) is 2. The molecule has 122 valence electrons. The molecule has 0 saturated heterocycles. The van der Waals surface area contributed by atoms with Gasteiger partial charge >= 0.3 is 0 Å². The van der Waals surface area contributed by atoms with Crippen molar-refractivity contribution in [2.75, 3.05) is 0 Å². The van der Waals surface area contributed by atoms with Crippen LogP contribution in [-0.2, 0) is 20.0 Å². The van der Waals surface area contributed by atoms with Crippen LogP contribution in [0.4, 0.5) is 0 Å². The Labute approximate surface area is 134 Å². The first-order valence-electron chi connectivity index (χ1n) is 8.49. The lowest BCUT2D eigenvalue weighted by molar-refractivity contribution is 0.571. The highest BCUT2D eigenvalue weighted by Gasteiger charge is 2.12. The van der Waals surface area contributed by atoms with Gasteiger partial charge in [0, 0.05) is 30.9 Å². The highest BCUT2D eigenvalue weighted by atomic mass is 15.3. The molecule has 2 rings (SSSR count). The average Bonchev–Trinajstić information content (AvgIpc) is 3.02. The number of aromatic nitrogens is 4. The predicted octanol–water partition coefficient (Wildman–Crippen LogP) is 4.19. The largest absolute Gasteiger partial charge is 0.272 e. The van der Waals surface area contributed by atoms with Gasteiger partial charge in [0.1, 0.15) is 0 Å². The SMILES string of the molecule is CCn1nc(C(C)CCCc2cc(C(C)C)nn2C)cc1C. The van der Waals surface area contributed by atoms with Crippen molar-refractivity contribution < 1.29 is 0 Å². The van der Waals surface area contributed by atoms with Crippen LogP contribution in [0, 0.1) is 6.92 Å². The summed E-state index contributed by atoms with van der Waals surface area (Å²) in [4.78, 5) is 0. The molecule has 2 aromatic heterocycles. The van der Waals surface area contributed by atoms with Crippen molar-refractivity contribution in [2.45, 2.75) is 72.3 Å². The Bertz CT molecular complexity index is 607. The molecule has 4 nitrogen and oxygen atoms in total. The highest BCUT2D eigenvalue weighted by molar-refractivity contribution is 5.14. The van der Waals surface area contributed by atoms with Gasteiger partial charge in [0.15, 0.2) is 0 Å². The van der Waals surface area contributed by atoms with Gasteiger partial charge in [-0.2, -0.15) is 10.2 Å². The van der Waals surface area contributed by atoms with Gasteiger partial charge in [0.05, 0.1) is 11.4 Å². The standard InChI is InChI=1S/C18H30N4/c1-7-22-15(5)11-18(20-22)14(4)9-8-10-16-12-17(13(2)3)19-21(16)6/h11-14H,7-10H2,1-6H3. The molecule has 22 heavy (non-hydrogen) atoms. The molecule has 0 aliphatic heterocycles. The molecule has 0 N–H and O–H groups in total. The van der Waals surface area contributed by atoms with E-state index in [1.54, 1.807) is 0 Å². The lowest BCUT2D eigenvalue weighted by Gasteiger charge is -2.08. The van der Waals surface area contributed by atoms with Crippen LogP contribution in [0.25, 0.3) is 0 Å².